The fourth-order valence-corrected chi connectivity index (χ4v) is 4.35. The van der Waals surface area contributed by atoms with Crippen LogP contribution in [0.4, 0.5) is 33.7 Å². The van der Waals surface area contributed by atoms with Crippen LogP contribution < -0.4 is 20.9 Å². The summed E-state index contributed by atoms with van der Waals surface area (Å²) in [6, 6.07) is 2.05. The zero-order valence-electron chi connectivity index (χ0n) is 15.5. The van der Waals surface area contributed by atoms with Crippen LogP contribution in [0.1, 0.15) is 0 Å². The van der Waals surface area contributed by atoms with Crippen molar-refractivity contribution in [2.45, 2.75) is 12.5 Å². The van der Waals surface area contributed by atoms with Gasteiger partial charge in [-0.05, 0) is 11.8 Å². The summed E-state index contributed by atoms with van der Waals surface area (Å²) >= 11 is 4.45. The number of hydrogen-bond donors (Lipinski definition) is 2. The Balaban J connectivity index is 1.43. The molecule has 2 amide bonds. The molecular formula is C18H18F4N4O3S. The molecule has 1 saturated carbocycles. The number of amides is 2. The number of halogens is 4. The van der Waals surface area contributed by atoms with Gasteiger partial charge >= 0.3 is 6.09 Å². The van der Waals surface area contributed by atoms with E-state index in [9.17, 15) is 27.2 Å². The van der Waals surface area contributed by atoms with Gasteiger partial charge in [-0.1, -0.05) is 12.2 Å². The summed E-state index contributed by atoms with van der Waals surface area (Å²) in [6.07, 6.45) is -4.49. The van der Waals surface area contributed by atoms with E-state index >= 15 is 0 Å². The second-order valence-corrected chi connectivity index (χ2v) is 8.02. The third kappa shape index (κ3) is 3.64. The molecule has 1 aliphatic carbocycles. The minimum atomic E-state index is -2.83. The minimum Gasteiger partial charge on any atom is -0.442 e. The number of nitrogens with two attached hydrogens (primary N) is 1. The van der Waals surface area contributed by atoms with Gasteiger partial charge in [0.1, 0.15) is 16.8 Å². The largest absolute Gasteiger partial charge is 0.442 e. The van der Waals surface area contributed by atoms with Crippen molar-refractivity contribution in [3.63, 3.8) is 0 Å². The van der Waals surface area contributed by atoms with Gasteiger partial charge in [-0.3, -0.25) is 9.69 Å². The highest BCUT2D eigenvalue weighted by atomic mass is 32.1. The molecule has 12 heteroatoms. The van der Waals surface area contributed by atoms with Crippen LogP contribution in [0.3, 0.4) is 0 Å². The van der Waals surface area contributed by atoms with Gasteiger partial charge in [0.15, 0.2) is 11.6 Å². The standard InChI is InChI=1S/C18H18F4N4O3S/c19-11-1-7(26-4-8(29-18(26)28)3-24-17(30)15(21)22)2-12(20)14(11)25-5-9-10(6-25)13(9)16(23)27/h1-2,8-10,13,15H,3-6H2,(H2,23,27)(H,24,30)/t8-,9-,10+,13?/m1/s1. The molecule has 1 aromatic carbocycles. The third-order valence-electron chi connectivity index (χ3n) is 5.73. The van der Waals surface area contributed by atoms with Crippen molar-refractivity contribution in [2.24, 2.45) is 23.5 Å². The number of nitrogens with one attached hydrogen (secondary N) is 1. The van der Waals surface area contributed by atoms with Gasteiger partial charge in [0, 0.05) is 31.1 Å². The Morgan fingerprint density at radius 1 is 1.23 bits per heavy atom. The van der Waals surface area contributed by atoms with Crippen LogP contribution in [0.15, 0.2) is 12.1 Å². The number of nitrogens with zero attached hydrogens (tertiary/aromatic N) is 2. The first-order chi connectivity index (χ1) is 14.2. The molecule has 0 aromatic heterocycles. The van der Waals surface area contributed by atoms with E-state index in [4.69, 9.17) is 10.5 Å². The highest BCUT2D eigenvalue weighted by Crippen LogP contribution is 2.53. The first-order valence-corrected chi connectivity index (χ1v) is 9.65. The summed E-state index contributed by atoms with van der Waals surface area (Å²) in [4.78, 5) is 25.2. The number of piperidine rings is 1. The molecule has 2 saturated heterocycles. The smallest absolute Gasteiger partial charge is 0.414 e. The van der Waals surface area contributed by atoms with Gasteiger partial charge in [0.2, 0.25) is 5.91 Å². The summed E-state index contributed by atoms with van der Waals surface area (Å²) in [7, 11) is 0. The normalized spacial score (nSPS) is 27.3. The number of fused-ring (bicyclic) bond motifs is 1. The molecule has 3 fully saturated rings. The van der Waals surface area contributed by atoms with Gasteiger partial charge in [0.25, 0.3) is 6.43 Å². The van der Waals surface area contributed by atoms with E-state index in [2.05, 4.69) is 17.5 Å². The molecule has 1 aromatic rings. The Bertz CT molecular complexity index is 882. The Kier molecular flexibility index (Phi) is 5.20. The topological polar surface area (TPSA) is 87.9 Å². The van der Waals surface area contributed by atoms with Crippen molar-refractivity contribution in [3.05, 3.63) is 23.8 Å². The van der Waals surface area contributed by atoms with Gasteiger partial charge in [-0.15, -0.1) is 0 Å². The average molecular weight is 446 g/mol. The Morgan fingerprint density at radius 2 is 1.83 bits per heavy atom. The van der Waals surface area contributed by atoms with Crippen LogP contribution in [0.25, 0.3) is 0 Å². The Morgan fingerprint density at radius 3 is 2.37 bits per heavy atom. The molecule has 0 spiro atoms. The zero-order valence-corrected chi connectivity index (χ0v) is 16.3. The Labute approximate surface area is 174 Å². The van der Waals surface area contributed by atoms with E-state index in [1.807, 2.05) is 0 Å². The number of thiocarbonyl (C=S) groups is 1. The monoisotopic (exact) mass is 446 g/mol. The van der Waals surface area contributed by atoms with Crippen molar-refractivity contribution in [3.8, 4) is 0 Å². The maximum Gasteiger partial charge on any atom is 0.414 e. The van der Waals surface area contributed by atoms with E-state index in [-0.39, 0.29) is 42.2 Å². The number of hydrogen-bond acceptors (Lipinski definition) is 5. The van der Waals surface area contributed by atoms with Crippen molar-refractivity contribution in [1.82, 2.24) is 5.32 Å². The van der Waals surface area contributed by atoms with Crippen LogP contribution in [0.5, 0.6) is 0 Å². The van der Waals surface area contributed by atoms with Crippen LogP contribution in [0, 0.1) is 29.4 Å². The molecule has 3 aliphatic rings. The second kappa shape index (κ2) is 7.56. The number of benzene rings is 1. The van der Waals surface area contributed by atoms with Crippen molar-refractivity contribution >= 4 is 40.6 Å². The fourth-order valence-electron chi connectivity index (χ4n) is 4.27. The molecule has 2 aliphatic heterocycles. The van der Waals surface area contributed by atoms with Crippen LogP contribution in [0.2, 0.25) is 0 Å². The number of cyclic esters (lactones) is 1. The van der Waals surface area contributed by atoms with E-state index in [1.165, 1.54) is 4.90 Å². The molecule has 4 atom stereocenters. The van der Waals surface area contributed by atoms with Crippen LogP contribution in [-0.4, -0.2) is 55.7 Å². The SMILES string of the molecule is NC(=O)C1[C@H]2CN(c3c(F)cc(N4C[C@@H](CNC(=S)C(F)F)OC4=O)cc3F)C[C@@H]12. The molecule has 30 heavy (non-hydrogen) atoms. The highest BCUT2D eigenvalue weighted by molar-refractivity contribution is 7.80. The predicted molar refractivity (Wildman–Crippen MR) is 102 cm³/mol. The van der Waals surface area contributed by atoms with Crippen LogP contribution in [-0.2, 0) is 9.53 Å². The number of primary amides is 1. The zero-order chi connectivity index (χ0) is 21.7. The first kappa shape index (κ1) is 20.6. The molecule has 0 bridgehead atoms. The van der Waals surface area contributed by atoms with Gasteiger partial charge in [-0.2, -0.15) is 0 Å². The van der Waals surface area contributed by atoms with E-state index < -0.39 is 41.2 Å². The molecule has 162 valence electrons. The van der Waals surface area contributed by atoms with Gasteiger partial charge < -0.3 is 20.7 Å². The number of carbonyl (C=O) groups is 2. The molecule has 3 N–H and O–H groups in total. The lowest BCUT2D eigenvalue weighted by Crippen LogP contribution is -2.36. The number of anilines is 2. The number of rotatable bonds is 6. The van der Waals surface area contributed by atoms with Crippen molar-refractivity contribution < 1.29 is 31.9 Å². The fraction of sp³-hybridized carbons (Fsp3) is 0.500. The van der Waals surface area contributed by atoms with Crippen molar-refractivity contribution in [1.29, 1.82) is 0 Å². The molecule has 0 radical (unpaired) electrons. The van der Waals surface area contributed by atoms with Gasteiger partial charge in [0.05, 0.1) is 18.8 Å². The lowest BCUT2D eigenvalue weighted by molar-refractivity contribution is -0.119. The number of ether oxygens (including phenoxy) is 1. The second-order valence-electron chi connectivity index (χ2n) is 7.58. The maximum absolute atomic E-state index is 14.7. The summed E-state index contributed by atoms with van der Waals surface area (Å²) in [5.41, 5.74) is 5.03. The molecule has 4 rings (SSSR count). The number of carbonyl (C=O) groups excluding carboxylic acids is 2. The minimum absolute atomic E-state index is 0.00196. The van der Waals surface area contributed by atoms with E-state index in [1.54, 1.807) is 0 Å². The summed E-state index contributed by atoms with van der Waals surface area (Å²) < 4.78 is 59.3. The predicted octanol–water partition coefficient (Wildman–Crippen LogP) is 1.64. The maximum atomic E-state index is 14.7. The highest BCUT2D eigenvalue weighted by Gasteiger charge is 2.59. The van der Waals surface area contributed by atoms with E-state index in [0.717, 1.165) is 17.0 Å². The van der Waals surface area contributed by atoms with Crippen molar-refractivity contribution in [2.75, 3.05) is 36.0 Å². The third-order valence-corrected chi connectivity index (χ3v) is 6.05. The summed E-state index contributed by atoms with van der Waals surface area (Å²) in [6.45, 7) is 0.431. The van der Waals surface area contributed by atoms with Gasteiger partial charge in [-0.25, -0.2) is 22.4 Å². The summed E-state index contributed by atoms with van der Waals surface area (Å²) in [5.74, 6) is -2.34. The number of alkyl halides is 2. The molecule has 7 nitrogen and oxygen atoms in total. The molecule has 2 heterocycles. The molecule has 1 unspecified atom stereocenters. The quantitative estimate of drug-likeness (QED) is 0.510. The lowest BCUT2D eigenvalue weighted by Gasteiger charge is -2.24. The Hall–Kier alpha value is -2.63. The first-order valence-electron chi connectivity index (χ1n) is 9.24. The van der Waals surface area contributed by atoms with Crippen LogP contribution >= 0.6 is 12.2 Å². The van der Waals surface area contributed by atoms with E-state index in [0.29, 0.717) is 13.1 Å². The average Bonchev–Trinajstić information content (AvgIpc) is 2.98. The lowest BCUT2D eigenvalue weighted by atomic mass is 10.2. The molecular weight excluding hydrogens is 428 g/mol. The summed E-state index contributed by atoms with van der Waals surface area (Å²) in [5, 5.41) is 2.30.